The van der Waals surface area contributed by atoms with Gasteiger partial charge in [0, 0.05) is 26.2 Å². The van der Waals surface area contributed by atoms with Gasteiger partial charge in [0.05, 0.1) is 12.8 Å². The summed E-state index contributed by atoms with van der Waals surface area (Å²) in [6.07, 6.45) is 2.32. The van der Waals surface area contributed by atoms with Crippen molar-refractivity contribution in [2.24, 2.45) is 5.73 Å². The molecule has 3 rings (SSSR count). The average Bonchev–Trinajstić information content (AvgIpc) is 2.69. The van der Waals surface area contributed by atoms with E-state index in [1.807, 2.05) is 6.07 Å². The average molecular weight is 339 g/mol. The first kappa shape index (κ1) is 17.8. The fraction of sp³-hybridized carbons (Fsp3) is 0.429. The Morgan fingerprint density at radius 3 is 2.36 bits per heavy atom. The van der Waals surface area contributed by atoms with Crippen molar-refractivity contribution in [2.75, 3.05) is 51.3 Å². The van der Waals surface area contributed by atoms with Crippen LogP contribution >= 0.6 is 0 Å². The van der Waals surface area contributed by atoms with Gasteiger partial charge in [-0.1, -0.05) is 36.4 Å². The fourth-order valence-corrected chi connectivity index (χ4v) is 3.44. The van der Waals surface area contributed by atoms with E-state index >= 15 is 0 Å². The lowest BCUT2D eigenvalue weighted by molar-refractivity contribution is 0.253. The van der Waals surface area contributed by atoms with E-state index < -0.39 is 0 Å². The van der Waals surface area contributed by atoms with Gasteiger partial charge in [0.15, 0.2) is 0 Å². The maximum absolute atomic E-state index is 5.70. The summed E-state index contributed by atoms with van der Waals surface area (Å²) in [5.74, 6) is 0.956. The van der Waals surface area contributed by atoms with Crippen molar-refractivity contribution in [3.63, 3.8) is 0 Å². The third-order valence-electron chi connectivity index (χ3n) is 4.93. The van der Waals surface area contributed by atoms with Gasteiger partial charge < -0.3 is 15.4 Å². The molecule has 0 aliphatic carbocycles. The number of methoxy groups -OCH3 is 1. The van der Waals surface area contributed by atoms with Crippen molar-refractivity contribution in [1.29, 1.82) is 0 Å². The standard InChI is InChI=1S/C21H29N3O/c1-25-21-17-19(18-7-3-2-4-8-18)9-10-20(21)24-15-13-23(14-16-24)12-6-5-11-22/h2-4,7-10,17H,5-6,11-16,22H2,1H3. The van der Waals surface area contributed by atoms with Crippen LogP contribution in [0.5, 0.6) is 5.75 Å². The zero-order valence-corrected chi connectivity index (χ0v) is 15.2. The molecular formula is C21H29N3O. The highest BCUT2D eigenvalue weighted by atomic mass is 16.5. The van der Waals surface area contributed by atoms with Crippen LogP contribution in [-0.4, -0.2) is 51.3 Å². The van der Waals surface area contributed by atoms with Crippen LogP contribution in [0.3, 0.4) is 0 Å². The van der Waals surface area contributed by atoms with Gasteiger partial charge >= 0.3 is 0 Å². The summed E-state index contributed by atoms with van der Waals surface area (Å²) in [4.78, 5) is 4.98. The number of nitrogens with two attached hydrogens (primary N) is 1. The molecule has 1 saturated heterocycles. The molecule has 0 amide bonds. The minimum Gasteiger partial charge on any atom is -0.495 e. The number of benzene rings is 2. The molecule has 1 aliphatic rings. The smallest absolute Gasteiger partial charge is 0.142 e. The van der Waals surface area contributed by atoms with Crippen LogP contribution in [0.15, 0.2) is 48.5 Å². The Kier molecular flexibility index (Phi) is 6.31. The van der Waals surface area contributed by atoms with E-state index in [-0.39, 0.29) is 0 Å². The highest BCUT2D eigenvalue weighted by Gasteiger charge is 2.19. The lowest BCUT2D eigenvalue weighted by Crippen LogP contribution is -2.46. The predicted molar refractivity (Wildman–Crippen MR) is 105 cm³/mol. The third kappa shape index (κ3) is 4.53. The molecule has 0 atom stereocenters. The van der Waals surface area contributed by atoms with Gasteiger partial charge in [-0.15, -0.1) is 0 Å². The maximum Gasteiger partial charge on any atom is 0.142 e. The second-order valence-corrected chi connectivity index (χ2v) is 6.58. The fourth-order valence-electron chi connectivity index (χ4n) is 3.44. The van der Waals surface area contributed by atoms with E-state index in [0.717, 1.165) is 51.4 Å². The van der Waals surface area contributed by atoms with Gasteiger partial charge in [-0.3, -0.25) is 4.90 Å². The summed E-state index contributed by atoms with van der Waals surface area (Å²) in [6, 6.07) is 17.0. The molecule has 0 bridgehead atoms. The number of hydrogen-bond acceptors (Lipinski definition) is 4. The van der Waals surface area contributed by atoms with Gasteiger partial charge in [0.1, 0.15) is 5.75 Å². The summed E-state index contributed by atoms with van der Waals surface area (Å²) in [6.45, 7) is 6.26. The highest BCUT2D eigenvalue weighted by molar-refractivity contribution is 5.71. The molecule has 0 radical (unpaired) electrons. The first-order chi connectivity index (χ1) is 12.3. The summed E-state index contributed by atoms with van der Waals surface area (Å²) in [5, 5.41) is 0. The van der Waals surface area contributed by atoms with Crippen LogP contribution in [0.25, 0.3) is 11.1 Å². The molecule has 1 heterocycles. The predicted octanol–water partition coefficient (Wildman–Crippen LogP) is 3.22. The van der Waals surface area contributed by atoms with Crippen molar-refractivity contribution < 1.29 is 4.74 Å². The summed E-state index contributed by atoms with van der Waals surface area (Å²) in [5.41, 5.74) is 9.20. The van der Waals surface area contributed by atoms with E-state index in [2.05, 4.69) is 52.3 Å². The lowest BCUT2D eigenvalue weighted by Gasteiger charge is -2.36. The van der Waals surface area contributed by atoms with Gasteiger partial charge in [-0.2, -0.15) is 0 Å². The molecule has 0 unspecified atom stereocenters. The van der Waals surface area contributed by atoms with Crippen LogP contribution in [0.1, 0.15) is 12.8 Å². The van der Waals surface area contributed by atoms with Crippen LogP contribution in [0, 0.1) is 0 Å². The van der Waals surface area contributed by atoms with Crippen molar-refractivity contribution in [1.82, 2.24) is 4.90 Å². The van der Waals surface area contributed by atoms with Gasteiger partial charge in [-0.25, -0.2) is 0 Å². The van der Waals surface area contributed by atoms with Crippen molar-refractivity contribution in [2.45, 2.75) is 12.8 Å². The molecule has 2 N–H and O–H groups in total. The second kappa shape index (κ2) is 8.88. The van der Waals surface area contributed by atoms with Crippen LogP contribution in [0.2, 0.25) is 0 Å². The molecule has 0 aromatic heterocycles. The van der Waals surface area contributed by atoms with E-state index in [0.29, 0.717) is 0 Å². The number of anilines is 1. The topological polar surface area (TPSA) is 41.7 Å². The first-order valence-electron chi connectivity index (χ1n) is 9.22. The van der Waals surface area contributed by atoms with Gasteiger partial charge in [0.25, 0.3) is 0 Å². The summed E-state index contributed by atoms with van der Waals surface area (Å²) < 4.78 is 5.70. The molecule has 4 heteroatoms. The van der Waals surface area contributed by atoms with E-state index in [1.165, 1.54) is 23.2 Å². The number of unbranched alkanes of at least 4 members (excludes halogenated alkanes) is 1. The van der Waals surface area contributed by atoms with Crippen molar-refractivity contribution in [3.05, 3.63) is 48.5 Å². The minimum absolute atomic E-state index is 0.797. The van der Waals surface area contributed by atoms with Crippen LogP contribution < -0.4 is 15.4 Å². The van der Waals surface area contributed by atoms with E-state index in [1.54, 1.807) is 7.11 Å². The zero-order chi connectivity index (χ0) is 17.5. The Morgan fingerprint density at radius 1 is 0.920 bits per heavy atom. The minimum atomic E-state index is 0.797. The first-order valence-corrected chi connectivity index (χ1v) is 9.22. The lowest BCUT2D eigenvalue weighted by atomic mass is 10.0. The Labute approximate surface area is 151 Å². The Bertz CT molecular complexity index is 651. The molecule has 0 spiro atoms. The largest absolute Gasteiger partial charge is 0.495 e. The summed E-state index contributed by atoms with van der Waals surface area (Å²) in [7, 11) is 1.76. The number of nitrogens with zero attached hydrogens (tertiary/aromatic N) is 2. The molecule has 2 aromatic carbocycles. The van der Waals surface area contributed by atoms with E-state index in [4.69, 9.17) is 10.5 Å². The van der Waals surface area contributed by atoms with Crippen molar-refractivity contribution in [3.8, 4) is 16.9 Å². The monoisotopic (exact) mass is 339 g/mol. The summed E-state index contributed by atoms with van der Waals surface area (Å²) >= 11 is 0. The SMILES string of the molecule is COc1cc(-c2ccccc2)ccc1N1CCN(CCCCN)CC1. The molecule has 134 valence electrons. The Hall–Kier alpha value is -2.04. The molecule has 0 saturated carbocycles. The Morgan fingerprint density at radius 2 is 1.68 bits per heavy atom. The van der Waals surface area contributed by atoms with Crippen molar-refractivity contribution >= 4 is 5.69 Å². The molecule has 2 aromatic rings. The number of ether oxygens (including phenoxy) is 1. The molecular weight excluding hydrogens is 310 g/mol. The zero-order valence-electron chi connectivity index (χ0n) is 15.2. The number of rotatable bonds is 7. The highest BCUT2D eigenvalue weighted by Crippen LogP contribution is 2.33. The molecule has 25 heavy (non-hydrogen) atoms. The molecule has 1 fully saturated rings. The van der Waals surface area contributed by atoms with Crippen LogP contribution in [-0.2, 0) is 0 Å². The van der Waals surface area contributed by atoms with Crippen LogP contribution in [0.4, 0.5) is 5.69 Å². The number of piperazine rings is 1. The Balaban J connectivity index is 1.67. The molecule has 1 aliphatic heterocycles. The van der Waals surface area contributed by atoms with Gasteiger partial charge in [-0.05, 0) is 49.2 Å². The van der Waals surface area contributed by atoms with Gasteiger partial charge in [0.2, 0.25) is 0 Å². The molecule has 4 nitrogen and oxygen atoms in total. The quantitative estimate of drug-likeness (QED) is 0.787. The third-order valence-corrected chi connectivity index (χ3v) is 4.93. The number of hydrogen-bond donors (Lipinski definition) is 1. The normalized spacial score (nSPS) is 15.4. The second-order valence-electron chi connectivity index (χ2n) is 6.58. The van der Waals surface area contributed by atoms with E-state index in [9.17, 15) is 0 Å². The maximum atomic E-state index is 5.70.